The van der Waals surface area contributed by atoms with E-state index in [0.29, 0.717) is 23.7 Å². The van der Waals surface area contributed by atoms with Crippen LogP contribution in [0, 0.1) is 21.4 Å². The van der Waals surface area contributed by atoms with Gasteiger partial charge in [-0.15, -0.1) is 0 Å². The molecule has 0 saturated carbocycles. The van der Waals surface area contributed by atoms with Gasteiger partial charge in [-0.1, -0.05) is 6.07 Å². The number of amides is 1. The SMILES string of the molecule is CCOc1ccc(/C=C(\C#N)C(=O)Nc2cc([N+](=O)[O-])ccc2OC)cc1OC. The average Bonchev–Trinajstić information content (AvgIpc) is 2.72. The van der Waals surface area contributed by atoms with Gasteiger partial charge in [0.15, 0.2) is 11.5 Å². The Morgan fingerprint density at radius 1 is 1.17 bits per heavy atom. The summed E-state index contributed by atoms with van der Waals surface area (Å²) in [5.74, 6) is 0.484. The lowest BCUT2D eigenvalue weighted by Gasteiger charge is -2.11. The van der Waals surface area contributed by atoms with Gasteiger partial charge in [0.25, 0.3) is 11.6 Å². The molecule has 0 fully saturated rings. The number of non-ortho nitro benzene ring substituents is 1. The molecule has 0 atom stereocenters. The summed E-state index contributed by atoms with van der Waals surface area (Å²) in [7, 11) is 2.85. The lowest BCUT2D eigenvalue weighted by atomic mass is 10.1. The number of ether oxygens (including phenoxy) is 3. The maximum absolute atomic E-state index is 12.5. The van der Waals surface area contributed by atoms with Crippen molar-refractivity contribution in [1.82, 2.24) is 0 Å². The van der Waals surface area contributed by atoms with Gasteiger partial charge < -0.3 is 19.5 Å². The minimum atomic E-state index is -0.737. The average molecular weight is 397 g/mol. The van der Waals surface area contributed by atoms with Crippen LogP contribution < -0.4 is 19.5 Å². The van der Waals surface area contributed by atoms with E-state index in [2.05, 4.69) is 5.32 Å². The summed E-state index contributed by atoms with van der Waals surface area (Å²) in [6.07, 6.45) is 1.37. The highest BCUT2D eigenvalue weighted by Gasteiger charge is 2.16. The Hall–Kier alpha value is -4.06. The molecule has 0 aliphatic heterocycles. The van der Waals surface area contributed by atoms with Gasteiger partial charge in [-0.2, -0.15) is 5.26 Å². The minimum Gasteiger partial charge on any atom is -0.495 e. The van der Waals surface area contributed by atoms with Crippen molar-refractivity contribution in [3.63, 3.8) is 0 Å². The van der Waals surface area contributed by atoms with E-state index in [0.717, 1.165) is 6.07 Å². The molecule has 0 spiro atoms. The lowest BCUT2D eigenvalue weighted by molar-refractivity contribution is -0.384. The number of carbonyl (C=O) groups is 1. The van der Waals surface area contributed by atoms with E-state index in [4.69, 9.17) is 14.2 Å². The molecule has 1 N–H and O–H groups in total. The third-order valence-electron chi connectivity index (χ3n) is 3.81. The van der Waals surface area contributed by atoms with Crippen LogP contribution in [0.5, 0.6) is 17.2 Å². The number of nitro benzene ring substituents is 1. The van der Waals surface area contributed by atoms with Gasteiger partial charge in [-0.05, 0) is 36.8 Å². The molecule has 0 radical (unpaired) electrons. The third-order valence-corrected chi connectivity index (χ3v) is 3.81. The highest BCUT2D eigenvalue weighted by Crippen LogP contribution is 2.30. The van der Waals surface area contributed by atoms with Crippen molar-refractivity contribution in [1.29, 1.82) is 5.26 Å². The second-order valence-corrected chi connectivity index (χ2v) is 5.61. The molecule has 9 nitrogen and oxygen atoms in total. The summed E-state index contributed by atoms with van der Waals surface area (Å²) in [6.45, 7) is 2.30. The van der Waals surface area contributed by atoms with E-state index in [1.165, 1.54) is 32.4 Å². The Balaban J connectivity index is 2.33. The van der Waals surface area contributed by atoms with Crippen LogP contribution in [0.3, 0.4) is 0 Å². The van der Waals surface area contributed by atoms with Crippen LogP contribution in [-0.4, -0.2) is 31.7 Å². The zero-order valence-electron chi connectivity index (χ0n) is 16.1. The van der Waals surface area contributed by atoms with Gasteiger partial charge in [0.1, 0.15) is 17.4 Å². The van der Waals surface area contributed by atoms with Gasteiger partial charge in [0, 0.05) is 12.1 Å². The Morgan fingerprint density at radius 2 is 1.86 bits per heavy atom. The highest BCUT2D eigenvalue weighted by molar-refractivity contribution is 6.10. The number of benzene rings is 2. The number of rotatable bonds is 8. The summed E-state index contributed by atoms with van der Waals surface area (Å²) in [6, 6.07) is 10.6. The fraction of sp³-hybridized carbons (Fsp3) is 0.200. The largest absolute Gasteiger partial charge is 0.495 e. The number of anilines is 1. The molecule has 0 aliphatic rings. The molecule has 0 unspecified atom stereocenters. The van der Waals surface area contributed by atoms with Crippen molar-refractivity contribution in [2.24, 2.45) is 0 Å². The predicted molar refractivity (Wildman–Crippen MR) is 106 cm³/mol. The third kappa shape index (κ3) is 5.23. The summed E-state index contributed by atoms with van der Waals surface area (Å²) in [4.78, 5) is 22.9. The molecule has 0 heterocycles. The fourth-order valence-corrected chi connectivity index (χ4v) is 2.46. The predicted octanol–water partition coefficient (Wildman–Crippen LogP) is 3.56. The quantitative estimate of drug-likeness (QED) is 0.312. The Morgan fingerprint density at radius 3 is 2.45 bits per heavy atom. The standard InChI is InChI=1S/C20H19N3O6/c1-4-29-18-7-5-13(10-19(18)28-3)9-14(12-21)20(24)22-16-11-15(23(25)26)6-8-17(16)27-2/h5-11H,4H2,1-3H3,(H,22,24)/b14-9+. The molecule has 2 aromatic rings. The molecular formula is C20H19N3O6. The summed E-state index contributed by atoms with van der Waals surface area (Å²) in [5, 5.41) is 22.8. The van der Waals surface area contributed by atoms with Crippen LogP contribution >= 0.6 is 0 Å². The first-order valence-electron chi connectivity index (χ1n) is 8.49. The van der Waals surface area contributed by atoms with E-state index in [1.807, 2.05) is 13.0 Å². The molecule has 2 aromatic carbocycles. The van der Waals surface area contributed by atoms with Gasteiger partial charge in [-0.3, -0.25) is 14.9 Å². The maximum atomic E-state index is 12.5. The number of hydrogen-bond acceptors (Lipinski definition) is 7. The van der Waals surface area contributed by atoms with Gasteiger partial charge in [0.05, 0.1) is 31.4 Å². The van der Waals surface area contributed by atoms with Crippen molar-refractivity contribution in [2.75, 3.05) is 26.1 Å². The van der Waals surface area contributed by atoms with Crippen molar-refractivity contribution in [2.45, 2.75) is 6.92 Å². The van der Waals surface area contributed by atoms with Gasteiger partial charge in [-0.25, -0.2) is 0 Å². The summed E-state index contributed by atoms with van der Waals surface area (Å²) >= 11 is 0. The number of carbonyl (C=O) groups excluding carboxylic acids is 1. The first kappa shape index (κ1) is 21.2. The van der Waals surface area contributed by atoms with Crippen molar-refractivity contribution in [3.05, 3.63) is 57.6 Å². The first-order chi connectivity index (χ1) is 13.9. The highest BCUT2D eigenvalue weighted by atomic mass is 16.6. The molecular weight excluding hydrogens is 378 g/mol. The Kier molecular flexibility index (Phi) is 7.14. The zero-order chi connectivity index (χ0) is 21.4. The van der Waals surface area contributed by atoms with E-state index < -0.39 is 10.8 Å². The monoisotopic (exact) mass is 397 g/mol. The summed E-state index contributed by atoms with van der Waals surface area (Å²) < 4.78 is 15.8. The topological polar surface area (TPSA) is 124 Å². The van der Waals surface area contributed by atoms with Crippen LogP contribution in [0.4, 0.5) is 11.4 Å². The molecule has 0 aromatic heterocycles. The summed E-state index contributed by atoms with van der Waals surface area (Å²) in [5.41, 5.74) is 0.199. The minimum absolute atomic E-state index is 0.0807. The number of nitro groups is 1. The molecule has 2 rings (SSSR count). The molecule has 29 heavy (non-hydrogen) atoms. The molecule has 0 bridgehead atoms. The van der Waals surface area contributed by atoms with Crippen LogP contribution in [0.25, 0.3) is 6.08 Å². The van der Waals surface area contributed by atoms with E-state index in [9.17, 15) is 20.2 Å². The van der Waals surface area contributed by atoms with Crippen molar-refractivity contribution in [3.8, 4) is 23.3 Å². The van der Waals surface area contributed by atoms with Crippen LogP contribution in [-0.2, 0) is 4.79 Å². The van der Waals surface area contributed by atoms with E-state index in [1.54, 1.807) is 18.2 Å². The van der Waals surface area contributed by atoms with Crippen LogP contribution in [0.1, 0.15) is 12.5 Å². The lowest BCUT2D eigenvalue weighted by Crippen LogP contribution is -2.14. The Bertz CT molecular complexity index is 994. The molecule has 9 heteroatoms. The number of methoxy groups -OCH3 is 2. The Labute approximate surface area is 167 Å². The number of nitrogens with zero attached hydrogens (tertiary/aromatic N) is 2. The van der Waals surface area contributed by atoms with Crippen LogP contribution in [0.2, 0.25) is 0 Å². The second kappa shape index (κ2) is 9.75. The second-order valence-electron chi connectivity index (χ2n) is 5.61. The molecule has 150 valence electrons. The number of hydrogen-bond donors (Lipinski definition) is 1. The smallest absolute Gasteiger partial charge is 0.271 e. The van der Waals surface area contributed by atoms with Crippen LogP contribution in [0.15, 0.2) is 42.0 Å². The molecule has 1 amide bonds. The maximum Gasteiger partial charge on any atom is 0.271 e. The van der Waals surface area contributed by atoms with Gasteiger partial charge in [0.2, 0.25) is 0 Å². The van der Waals surface area contributed by atoms with E-state index in [-0.39, 0.29) is 22.7 Å². The van der Waals surface area contributed by atoms with Crippen molar-refractivity contribution < 1.29 is 23.9 Å². The van der Waals surface area contributed by atoms with E-state index >= 15 is 0 Å². The number of nitrogens with one attached hydrogen (secondary N) is 1. The van der Waals surface area contributed by atoms with Gasteiger partial charge >= 0.3 is 0 Å². The zero-order valence-corrected chi connectivity index (χ0v) is 16.1. The molecule has 0 saturated heterocycles. The normalized spacial score (nSPS) is 10.6. The fourth-order valence-electron chi connectivity index (χ4n) is 2.46. The van der Waals surface area contributed by atoms with Crippen molar-refractivity contribution >= 4 is 23.4 Å². The molecule has 0 aliphatic carbocycles. The first-order valence-corrected chi connectivity index (χ1v) is 8.49. The number of nitriles is 1.